The third-order valence-electron chi connectivity index (χ3n) is 4.83. The van der Waals surface area contributed by atoms with E-state index in [-0.39, 0.29) is 5.91 Å². The Morgan fingerprint density at radius 1 is 1.07 bits per heavy atom. The van der Waals surface area contributed by atoms with E-state index in [0.717, 1.165) is 16.7 Å². The van der Waals surface area contributed by atoms with E-state index in [1.807, 2.05) is 56.5 Å². The van der Waals surface area contributed by atoms with Gasteiger partial charge in [0, 0.05) is 25.4 Å². The maximum atomic E-state index is 13.3. The summed E-state index contributed by atoms with van der Waals surface area (Å²) in [6.45, 7) is 6.63. The van der Waals surface area contributed by atoms with Crippen LogP contribution in [0.2, 0.25) is 0 Å². The Balaban J connectivity index is 1.81. The van der Waals surface area contributed by atoms with Crippen molar-refractivity contribution in [3.8, 4) is 0 Å². The number of nitrogens with zero attached hydrogens (tertiary/aromatic N) is 2. The SMILES string of the molecule is C=C/C=N\NCc1ccc(/C=C/C)c(C(=O)N(C)Cc2ccc3ccccc3c2)c1. The van der Waals surface area contributed by atoms with E-state index in [2.05, 4.69) is 47.4 Å². The number of carbonyl (C=O) groups is 1. The highest BCUT2D eigenvalue weighted by atomic mass is 16.2. The summed E-state index contributed by atoms with van der Waals surface area (Å²) >= 11 is 0. The minimum absolute atomic E-state index is 0.00676. The molecule has 0 aliphatic carbocycles. The lowest BCUT2D eigenvalue weighted by Crippen LogP contribution is -2.27. The van der Waals surface area contributed by atoms with Gasteiger partial charge in [-0.25, -0.2) is 0 Å². The number of benzene rings is 3. The van der Waals surface area contributed by atoms with E-state index in [0.29, 0.717) is 18.7 Å². The van der Waals surface area contributed by atoms with Gasteiger partial charge in [-0.15, -0.1) is 0 Å². The lowest BCUT2D eigenvalue weighted by Gasteiger charge is -2.19. The molecule has 0 atom stereocenters. The maximum Gasteiger partial charge on any atom is 0.254 e. The molecule has 0 saturated carbocycles. The smallest absolute Gasteiger partial charge is 0.254 e. The van der Waals surface area contributed by atoms with Crippen molar-refractivity contribution in [2.24, 2.45) is 5.10 Å². The average molecular weight is 398 g/mol. The van der Waals surface area contributed by atoms with E-state index >= 15 is 0 Å². The number of hydrazone groups is 1. The molecule has 0 spiro atoms. The molecule has 152 valence electrons. The van der Waals surface area contributed by atoms with Crippen LogP contribution >= 0.6 is 0 Å². The van der Waals surface area contributed by atoms with E-state index in [9.17, 15) is 4.79 Å². The van der Waals surface area contributed by atoms with Crippen LogP contribution in [-0.4, -0.2) is 24.1 Å². The molecule has 0 heterocycles. The molecule has 4 nitrogen and oxygen atoms in total. The van der Waals surface area contributed by atoms with Crippen molar-refractivity contribution < 1.29 is 4.79 Å². The van der Waals surface area contributed by atoms with Crippen molar-refractivity contribution in [3.05, 3.63) is 102 Å². The van der Waals surface area contributed by atoms with Gasteiger partial charge in [0.15, 0.2) is 0 Å². The predicted octanol–water partition coefficient (Wildman–Crippen LogP) is 5.41. The molecule has 0 aromatic heterocycles. The monoisotopic (exact) mass is 397 g/mol. The lowest BCUT2D eigenvalue weighted by molar-refractivity contribution is 0.0785. The molecule has 0 unspecified atom stereocenters. The van der Waals surface area contributed by atoms with Gasteiger partial charge in [-0.2, -0.15) is 5.10 Å². The Morgan fingerprint density at radius 3 is 2.60 bits per heavy atom. The number of amides is 1. The molecule has 0 fully saturated rings. The van der Waals surface area contributed by atoms with E-state index in [1.165, 1.54) is 10.8 Å². The zero-order chi connectivity index (χ0) is 21.3. The number of hydrogen-bond acceptors (Lipinski definition) is 3. The Bertz CT molecular complexity index is 1100. The fourth-order valence-corrected chi connectivity index (χ4v) is 3.35. The number of allylic oxidation sites excluding steroid dienone is 2. The third kappa shape index (κ3) is 5.23. The summed E-state index contributed by atoms with van der Waals surface area (Å²) in [6, 6.07) is 20.5. The number of fused-ring (bicyclic) bond motifs is 1. The number of carbonyl (C=O) groups excluding carboxylic acids is 1. The summed E-state index contributed by atoms with van der Waals surface area (Å²) in [7, 11) is 1.84. The minimum atomic E-state index is -0.00676. The van der Waals surface area contributed by atoms with Gasteiger partial charge in [-0.1, -0.05) is 67.3 Å². The normalized spacial score (nSPS) is 11.3. The fourth-order valence-electron chi connectivity index (χ4n) is 3.35. The third-order valence-corrected chi connectivity index (χ3v) is 4.83. The van der Waals surface area contributed by atoms with Crippen LogP contribution in [0.25, 0.3) is 16.8 Å². The second-order valence-corrected chi connectivity index (χ2v) is 7.11. The Morgan fingerprint density at radius 2 is 1.83 bits per heavy atom. The molecule has 0 aliphatic heterocycles. The predicted molar refractivity (Wildman–Crippen MR) is 126 cm³/mol. The second kappa shape index (κ2) is 10.2. The van der Waals surface area contributed by atoms with Crippen molar-refractivity contribution in [1.29, 1.82) is 0 Å². The lowest BCUT2D eigenvalue weighted by atomic mass is 10.0. The Kier molecular flexibility index (Phi) is 7.17. The molecule has 3 aromatic rings. The first kappa shape index (κ1) is 21.1. The Hall–Kier alpha value is -3.66. The molecule has 0 bridgehead atoms. The van der Waals surface area contributed by atoms with Crippen molar-refractivity contribution in [2.45, 2.75) is 20.0 Å². The zero-order valence-electron chi connectivity index (χ0n) is 17.5. The van der Waals surface area contributed by atoms with Crippen LogP contribution in [0, 0.1) is 0 Å². The van der Waals surface area contributed by atoms with Gasteiger partial charge in [0.1, 0.15) is 0 Å². The van der Waals surface area contributed by atoms with Gasteiger partial charge in [0.25, 0.3) is 5.91 Å². The molecule has 1 N–H and O–H groups in total. The largest absolute Gasteiger partial charge is 0.337 e. The van der Waals surface area contributed by atoms with Gasteiger partial charge in [0.2, 0.25) is 0 Å². The molecule has 1 amide bonds. The maximum absolute atomic E-state index is 13.3. The summed E-state index contributed by atoms with van der Waals surface area (Å²) in [4.78, 5) is 15.0. The Labute approximate surface area is 178 Å². The van der Waals surface area contributed by atoms with Crippen LogP contribution in [0.4, 0.5) is 0 Å². The van der Waals surface area contributed by atoms with Gasteiger partial charge in [0.05, 0.1) is 6.54 Å². The van der Waals surface area contributed by atoms with Gasteiger partial charge >= 0.3 is 0 Å². The van der Waals surface area contributed by atoms with Crippen LogP contribution in [0.3, 0.4) is 0 Å². The molecular weight excluding hydrogens is 370 g/mol. The van der Waals surface area contributed by atoms with Crippen LogP contribution in [0.5, 0.6) is 0 Å². The van der Waals surface area contributed by atoms with Crippen LogP contribution in [0.15, 0.2) is 84.5 Å². The standard InChI is InChI=1S/C26H27N3O/c1-4-8-23-14-11-20(18-28-27-15-5-2)17-25(23)26(30)29(3)19-21-12-13-22-9-6-7-10-24(22)16-21/h4-17,28H,2,18-19H2,1,3H3/b8-4+,27-15-. The van der Waals surface area contributed by atoms with E-state index < -0.39 is 0 Å². The molecule has 0 radical (unpaired) electrons. The van der Waals surface area contributed by atoms with Crippen molar-refractivity contribution in [1.82, 2.24) is 10.3 Å². The summed E-state index contributed by atoms with van der Waals surface area (Å²) in [5.41, 5.74) is 6.65. The minimum Gasteiger partial charge on any atom is -0.337 e. The van der Waals surface area contributed by atoms with Gasteiger partial charge in [-0.05, 0) is 52.6 Å². The first-order chi connectivity index (χ1) is 14.6. The first-order valence-corrected chi connectivity index (χ1v) is 9.98. The second-order valence-electron chi connectivity index (χ2n) is 7.11. The quantitative estimate of drug-likeness (QED) is 0.408. The molecule has 0 saturated heterocycles. The molecule has 30 heavy (non-hydrogen) atoms. The van der Waals surface area contributed by atoms with E-state index in [1.54, 1.807) is 17.2 Å². The van der Waals surface area contributed by atoms with Crippen LogP contribution < -0.4 is 5.43 Å². The molecule has 3 aromatic carbocycles. The van der Waals surface area contributed by atoms with Crippen LogP contribution in [-0.2, 0) is 13.1 Å². The highest BCUT2D eigenvalue weighted by Crippen LogP contribution is 2.20. The average Bonchev–Trinajstić information content (AvgIpc) is 2.77. The fraction of sp³-hybridized carbons (Fsp3) is 0.154. The summed E-state index contributed by atoms with van der Waals surface area (Å²) in [5.74, 6) is -0.00676. The summed E-state index contributed by atoms with van der Waals surface area (Å²) in [5, 5.41) is 6.41. The van der Waals surface area contributed by atoms with Gasteiger partial charge < -0.3 is 10.3 Å². The topological polar surface area (TPSA) is 44.7 Å². The number of nitrogens with one attached hydrogen (secondary N) is 1. The molecule has 4 heteroatoms. The molecule has 3 rings (SSSR count). The number of hydrogen-bond donors (Lipinski definition) is 1. The van der Waals surface area contributed by atoms with Crippen LogP contribution in [0.1, 0.15) is 34.0 Å². The van der Waals surface area contributed by atoms with Crippen molar-refractivity contribution in [2.75, 3.05) is 7.05 Å². The van der Waals surface area contributed by atoms with Crippen molar-refractivity contribution in [3.63, 3.8) is 0 Å². The number of rotatable bonds is 8. The summed E-state index contributed by atoms with van der Waals surface area (Å²) in [6.07, 6.45) is 7.11. The van der Waals surface area contributed by atoms with E-state index in [4.69, 9.17) is 0 Å². The molecular formula is C26H27N3O. The first-order valence-electron chi connectivity index (χ1n) is 9.98. The zero-order valence-corrected chi connectivity index (χ0v) is 17.5. The van der Waals surface area contributed by atoms with Crippen molar-refractivity contribution >= 4 is 29.0 Å². The van der Waals surface area contributed by atoms with Gasteiger partial charge in [-0.3, -0.25) is 4.79 Å². The molecule has 0 aliphatic rings. The highest BCUT2D eigenvalue weighted by molar-refractivity contribution is 5.98. The highest BCUT2D eigenvalue weighted by Gasteiger charge is 2.16. The summed E-state index contributed by atoms with van der Waals surface area (Å²) < 4.78 is 0.